The van der Waals surface area contributed by atoms with Crippen molar-refractivity contribution in [2.45, 2.75) is 39.0 Å². The number of hydrogen-bond acceptors (Lipinski definition) is 2. The van der Waals surface area contributed by atoms with Gasteiger partial charge in [-0.2, -0.15) is 0 Å². The molecule has 0 radical (unpaired) electrons. The van der Waals surface area contributed by atoms with E-state index in [1.54, 1.807) is 0 Å². The van der Waals surface area contributed by atoms with Gasteiger partial charge in [-0.05, 0) is 43.5 Å². The zero-order valence-corrected chi connectivity index (χ0v) is 10.6. The van der Waals surface area contributed by atoms with Gasteiger partial charge in [0.05, 0.1) is 0 Å². The zero-order chi connectivity index (χ0) is 11.6. The maximum atomic E-state index is 4.61. The van der Waals surface area contributed by atoms with E-state index in [2.05, 4.69) is 43.2 Å². The van der Waals surface area contributed by atoms with Crippen LogP contribution in [-0.4, -0.2) is 18.1 Å². The van der Waals surface area contributed by atoms with Crippen molar-refractivity contribution in [3.8, 4) is 0 Å². The molecule has 0 atom stereocenters. The van der Waals surface area contributed by atoms with Crippen LogP contribution in [-0.2, 0) is 5.41 Å². The SMILES string of the molecule is CC(C)(C)C1(c2ccccn2)CCNCC1. The lowest BCUT2D eigenvalue weighted by Crippen LogP contribution is -2.48. The van der Waals surface area contributed by atoms with Gasteiger partial charge >= 0.3 is 0 Å². The van der Waals surface area contributed by atoms with Gasteiger partial charge in [0.1, 0.15) is 0 Å². The number of nitrogens with zero attached hydrogens (tertiary/aromatic N) is 1. The first kappa shape index (κ1) is 11.6. The first-order valence-electron chi connectivity index (χ1n) is 6.18. The second kappa shape index (κ2) is 4.17. The Morgan fingerprint density at radius 2 is 1.88 bits per heavy atom. The monoisotopic (exact) mass is 218 g/mol. The van der Waals surface area contributed by atoms with E-state index in [9.17, 15) is 0 Å². The van der Waals surface area contributed by atoms with Gasteiger partial charge in [-0.15, -0.1) is 0 Å². The lowest BCUT2D eigenvalue weighted by Gasteiger charge is -2.47. The third-order valence-electron chi connectivity index (χ3n) is 4.05. The quantitative estimate of drug-likeness (QED) is 0.784. The van der Waals surface area contributed by atoms with Gasteiger partial charge in [0.25, 0.3) is 0 Å². The highest BCUT2D eigenvalue weighted by atomic mass is 14.9. The van der Waals surface area contributed by atoms with E-state index in [1.807, 2.05) is 12.3 Å². The topological polar surface area (TPSA) is 24.9 Å². The van der Waals surface area contributed by atoms with Crippen LogP contribution in [0.1, 0.15) is 39.3 Å². The lowest BCUT2D eigenvalue weighted by molar-refractivity contribution is 0.129. The molecular weight excluding hydrogens is 196 g/mol. The molecule has 1 aliphatic heterocycles. The molecule has 1 aromatic rings. The van der Waals surface area contributed by atoms with Crippen LogP contribution < -0.4 is 5.32 Å². The summed E-state index contributed by atoms with van der Waals surface area (Å²) in [6, 6.07) is 6.30. The van der Waals surface area contributed by atoms with Crippen molar-refractivity contribution in [1.82, 2.24) is 10.3 Å². The summed E-state index contributed by atoms with van der Waals surface area (Å²) in [5, 5.41) is 3.45. The van der Waals surface area contributed by atoms with E-state index >= 15 is 0 Å². The third-order valence-corrected chi connectivity index (χ3v) is 4.05. The summed E-state index contributed by atoms with van der Waals surface area (Å²) in [6.07, 6.45) is 4.30. The van der Waals surface area contributed by atoms with Gasteiger partial charge < -0.3 is 5.32 Å². The second-order valence-electron chi connectivity index (χ2n) is 5.80. The largest absolute Gasteiger partial charge is 0.317 e. The summed E-state index contributed by atoms with van der Waals surface area (Å²) in [6.45, 7) is 9.23. The molecule has 2 heterocycles. The Hall–Kier alpha value is -0.890. The standard InChI is InChI=1S/C14H22N2/c1-13(2,3)14(7-10-15-11-8-14)12-6-4-5-9-16-12/h4-6,9,15H,7-8,10-11H2,1-3H3. The van der Waals surface area contributed by atoms with Crippen LogP contribution in [0.4, 0.5) is 0 Å². The normalized spacial score (nSPS) is 20.7. The molecule has 16 heavy (non-hydrogen) atoms. The number of nitrogens with one attached hydrogen (secondary N) is 1. The van der Waals surface area contributed by atoms with E-state index in [1.165, 1.54) is 18.5 Å². The molecule has 88 valence electrons. The number of hydrogen-bond donors (Lipinski definition) is 1. The molecule has 0 aromatic carbocycles. The van der Waals surface area contributed by atoms with E-state index in [0.717, 1.165) is 13.1 Å². The first-order valence-corrected chi connectivity index (χ1v) is 6.18. The van der Waals surface area contributed by atoms with Gasteiger partial charge in [0.2, 0.25) is 0 Å². The van der Waals surface area contributed by atoms with Crippen LogP contribution in [0.5, 0.6) is 0 Å². The summed E-state index contributed by atoms with van der Waals surface area (Å²) in [7, 11) is 0. The van der Waals surface area contributed by atoms with Crippen molar-refractivity contribution in [3.63, 3.8) is 0 Å². The van der Waals surface area contributed by atoms with Crippen LogP contribution in [0.2, 0.25) is 0 Å². The highest BCUT2D eigenvalue weighted by molar-refractivity contribution is 5.22. The van der Waals surface area contributed by atoms with Crippen molar-refractivity contribution >= 4 is 0 Å². The Morgan fingerprint density at radius 1 is 1.19 bits per heavy atom. The molecule has 0 unspecified atom stereocenters. The van der Waals surface area contributed by atoms with Crippen LogP contribution in [0.25, 0.3) is 0 Å². The molecule has 0 amide bonds. The highest BCUT2D eigenvalue weighted by Crippen LogP contribution is 2.46. The molecule has 1 saturated heterocycles. The minimum absolute atomic E-state index is 0.236. The molecule has 1 N–H and O–H groups in total. The molecule has 2 heteroatoms. The number of piperidine rings is 1. The van der Waals surface area contributed by atoms with E-state index in [-0.39, 0.29) is 10.8 Å². The fraction of sp³-hybridized carbons (Fsp3) is 0.643. The summed E-state index contributed by atoms with van der Waals surface area (Å²) in [4.78, 5) is 4.61. The van der Waals surface area contributed by atoms with Crippen molar-refractivity contribution in [2.24, 2.45) is 5.41 Å². The Labute approximate surface area is 98.5 Å². The van der Waals surface area contributed by atoms with Crippen molar-refractivity contribution in [3.05, 3.63) is 30.1 Å². The van der Waals surface area contributed by atoms with Gasteiger partial charge in [0.15, 0.2) is 0 Å². The van der Waals surface area contributed by atoms with Crippen molar-refractivity contribution < 1.29 is 0 Å². The van der Waals surface area contributed by atoms with Gasteiger partial charge in [0, 0.05) is 17.3 Å². The van der Waals surface area contributed by atoms with Crippen molar-refractivity contribution in [1.29, 1.82) is 0 Å². The number of pyridine rings is 1. The molecule has 1 aromatic heterocycles. The molecule has 1 aliphatic rings. The van der Waals surface area contributed by atoms with Crippen LogP contribution >= 0.6 is 0 Å². The second-order valence-corrected chi connectivity index (χ2v) is 5.80. The Bertz CT molecular complexity index is 332. The average molecular weight is 218 g/mol. The minimum Gasteiger partial charge on any atom is -0.317 e. The van der Waals surface area contributed by atoms with Crippen LogP contribution in [0, 0.1) is 5.41 Å². The highest BCUT2D eigenvalue weighted by Gasteiger charge is 2.44. The molecule has 1 fully saturated rings. The molecule has 2 nitrogen and oxygen atoms in total. The lowest BCUT2D eigenvalue weighted by atomic mass is 9.60. The zero-order valence-electron chi connectivity index (χ0n) is 10.6. The molecule has 0 spiro atoms. The molecule has 2 rings (SSSR count). The summed E-state index contributed by atoms with van der Waals surface area (Å²) >= 11 is 0. The average Bonchev–Trinajstić information content (AvgIpc) is 2.30. The van der Waals surface area contributed by atoms with E-state index in [0.29, 0.717) is 0 Å². The minimum atomic E-state index is 0.236. The predicted molar refractivity (Wildman–Crippen MR) is 67.5 cm³/mol. The first-order chi connectivity index (χ1) is 7.56. The van der Waals surface area contributed by atoms with Gasteiger partial charge in [-0.25, -0.2) is 0 Å². The van der Waals surface area contributed by atoms with Gasteiger partial charge in [-0.1, -0.05) is 26.8 Å². The maximum Gasteiger partial charge on any atom is 0.0471 e. The summed E-state index contributed by atoms with van der Waals surface area (Å²) < 4.78 is 0. The van der Waals surface area contributed by atoms with Crippen LogP contribution in [0.3, 0.4) is 0 Å². The predicted octanol–water partition coefficient (Wildman–Crippen LogP) is 2.75. The fourth-order valence-electron chi connectivity index (χ4n) is 2.89. The summed E-state index contributed by atoms with van der Waals surface area (Å²) in [5.41, 5.74) is 1.77. The maximum absolute atomic E-state index is 4.61. The van der Waals surface area contributed by atoms with E-state index in [4.69, 9.17) is 0 Å². The number of aromatic nitrogens is 1. The smallest absolute Gasteiger partial charge is 0.0471 e. The summed E-state index contributed by atoms with van der Waals surface area (Å²) in [5.74, 6) is 0. The Balaban J connectivity index is 2.42. The molecular formula is C14H22N2. The molecule has 0 bridgehead atoms. The Kier molecular flexibility index (Phi) is 3.02. The van der Waals surface area contributed by atoms with Gasteiger partial charge in [-0.3, -0.25) is 4.98 Å². The Morgan fingerprint density at radius 3 is 2.38 bits per heavy atom. The van der Waals surface area contributed by atoms with Crippen molar-refractivity contribution in [2.75, 3.05) is 13.1 Å². The van der Waals surface area contributed by atoms with E-state index < -0.39 is 0 Å². The fourth-order valence-corrected chi connectivity index (χ4v) is 2.89. The third kappa shape index (κ3) is 1.86. The molecule has 0 saturated carbocycles. The number of rotatable bonds is 1. The molecule has 0 aliphatic carbocycles. The van der Waals surface area contributed by atoms with Crippen LogP contribution in [0.15, 0.2) is 24.4 Å².